The minimum absolute atomic E-state index is 0.400. The van der Waals surface area contributed by atoms with E-state index in [1.807, 2.05) is 10.7 Å². The summed E-state index contributed by atoms with van der Waals surface area (Å²) in [6.45, 7) is 2.18. The second-order valence-corrected chi connectivity index (χ2v) is 4.57. The average molecular weight is 230 g/mol. The van der Waals surface area contributed by atoms with Crippen LogP contribution in [0.4, 0.5) is 11.4 Å². The van der Waals surface area contributed by atoms with Crippen LogP contribution in [0, 0.1) is 5.92 Å². The van der Waals surface area contributed by atoms with Crippen molar-refractivity contribution in [3.63, 3.8) is 0 Å². The summed E-state index contributed by atoms with van der Waals surface area (Å²) < 4.78 is 1.85. The Morgan fingerprint density at radius 1 is 1.35 bits per heavy atom. The van der Waals surface area contributed by atoms with Crippen LogP contribution in [0.25, 0.3) is 11.4 Å². The van der Waals surface area contributed by atoms with Gasteiger partial charge in [-0.3, -0.25) is 0 Å². The van der Waals surface area contributed by atoms with Gasteiger partial charge in [-0.1, -0.05) is 6.92 Å². The molecule has 2 atom stereocenters. The first-order chi connectivity index (χ1) is 8.16. The molecule has 1 saturated carbocycles. The Hall–Kier alpha value is -2.11. The third-order valence-corrected chi connectivity index (χ3v) is 3.19. The maximum absolute atomic E-state index is 5.95. The zero-order valence-corrected chi connectivity index (χ0v) is 9.54. The second-order valence-electron chi connectivity index (χ2n) is 4.57. The third kappa shape index (κ3) is 1.61. The summed E-state index contributed by atoms with van der Waals surface area (Å²) in [5, 5.41) is 11.8. The maximum atomic E-state index is 5.95. The van der Waals surface area contributed by atoms with Crippen LogP contribution < -0.4 is 11.5 Å². The van der Waals surface area contributed by atoms with Crippen LogP contribution in [-0.4, -0.2) is 20.2 Å². The van der Waals surface area contributed by atoms with Gasteiger partial charge in [-0.15, -0.1) is 5.10 Å². The fourth-order valence-corrected chi connectivity index (χ4v) is 2.02. The molecule has 3 rings (SSSR count). The van der Waals surface area contributed by atoms with E-state index < -0.39 is 0 Å². The lowest BCUT2D eigenvalue weighted by atomic mass is 10.1. The summed E-state index contributed by atoms with van der Waals surface area (Å²) in [4.78, 5) is 0. The number of aromatic nitrogens is 4. The number of hydrogen-bond acceptors (Lipinski definition) is 5. The summed E-state index contributed by atoms with van der Waals surface area (Å²) in [7, 11) is 0. The van der Waals surface area contributed by atoms with E-state index >= 15 is 0 Å². The molecule has 1 aliphatic carbocycles. The molecule has 4 N–H and O–H groups in total. The number of anilines is 2. The Morgan fingerprint density at radius 3 is 2.76 bits per heavy atom. The van der Waals surface area contributed by atoms with Crippen LogP contribution in [0.15, 0.2) is 18.2 Å². The van der Waals surface area contributed by atoms with Gasteiger partial charge in [-0.05, 0) is 41.0 Å². The van der Waals surface area contributed by atoms with Crippen molar-refractivity contribution in [2.45, 2.75) is 19.4 Å². The fourth-order valence-electron chi connectivity index (χ4n) is 2.02. The molecule has 0 spiro atoms. The number of nitrogens with zero attached hydrogens (tertiary/aromatic N) is 4. The van der Waals surface area contributed by atoms with Gasteiger partial charge in [0.15, 0.2) is 5.82 Å². The molecule has 1 aromatic carbocycles. The summed E-state index contributed by atoms with van der Waals surface area (Å²) in [5.41, 5.74) is 13.7. The van der Waals surface area contributed by atoms with Crippen LogP contribution in [0.5, 0.6) is 0 Å². The van der Waals surface area contributed by atoms with E-state index in [1.54, 1.807) is 12.1 Å². The van der Waals surface area contributed by atoms with Crippen molar-refractivity contribution < 1.29 is 0 Å². The van der Waals surface area contributed by atoms with E-state index in [-0.39, 0.29) is 0 Å². The first-order valence-corrected chi connectivity index (χ1v) is 5.60. The molecule has 0 aliphatic heterocycles. The van der Waals surface area contributed by atoms with E-state index in [4.69, 9.17) is 11.5 Å². The largest absolute Gasteiger partial charge is 0.399 e. The van der Waals surface area contributed by atoms with Crippen LogP contribution in [0.3, 0.4) is 0 Å². The highest BCUT2D eigenvalue weighted by Crippen LogP contribution is 2.44. The molecule has 0 radical (unpaired) electrons. The minimum atomic E-state index is 0.400. The first-order valence-electron chi connectivity index (χ1n) is 5.60. The zero-order valence-electron chi connectivity index (χ0n) is 9.54. The molecule has 0 bridgehead atoms. The van der Waals surface area contributed by atoms with Crippen LogP contribution >= 0.6 is 0 Å². The van der Waals surface area contributed by atoms with Gasteiger partial charge in [0.05, 0.1) is 6.04 Å². The SMILES string of the molecule is CC1CC1n1nnnc1-c1ccc(N)cc1N. The summed E-state index contributed by atoms with van der Waals surface area (Å²) >= 11 is 0. The van der Waals surface area contributed by atoms with E-state index in [9.17, 15) is 0 Å². The molecule has 1 aromatic heterocycles. The van der Waals surface area contributed by atoms with Crippen molar-refractivity contribution in [3.8, 4) is 11.4 Å². The highest BCUT2D eigenvalue weighted by molar-refractivity contribution is 5.74. The number of nitrogens with two attached hydrogens (primary N) is 2. The molecule has 2 unspecified atom stereocenters. The van der Waals surface area contributed by atoms with Crippen molar-refractivity contribution in [3.05, 3.63) is 18.2 Å². The van der Waals surface area contributed by atoms with Gasteiger partial charge in [-0.25, -0.2) is 4.68 Å². The van der Waals surface area contributed by atoms with Crippen molar-refractivity contribution >= 4 is 11.4 Å². The van der Waals surface area contributed by atoms with E-state index in [1.165, 1.54) is 0 Å². The Morgan fingerprint density at radius 2 is 2.12 bits per heavy atom. The number of nitrogen functional groups attached to an aromatic ring is 2. The zero-order chi connectivity index (χ0) is 12.0. The Kier molecular flexibility index (Phi) is 2.04. The van der Waals surface area contributed by atoms with Crippen molar-refractivity contribution in [2.24, 2.45) is 5.92 Å². The number of tetrazole rings is 1. The molecule has 6 nitrogen and oxygen atoms in total. The molecule has 0 saturated heterocycles. The Bertz CT molecular complexity index is 561. The molecule has 88 valence electrons. The van der Waals surface area contributed by atoms with Gasteiger partial charge in [0.25, 0.3) is 0 Å². The topological polar surface area (TPSA) is 95.6 Å². The van der Waals surface area contributed by atoms with E-state index in [0.29, 0.717) is 23.3 Å². The van der Waals surface area contributed by atoms with Gasteiger partial charge >= 0.3 is 0 Å². The fraction of sp³-hybridized carbons (Fsp3) is 0.364. The predicted molar refractivity (Wildman–Crippen MR) is 64.9 cm³/mol. The molecule has 0 amide bonds. The summed E-state index contributed by atoms with van der Waals surface area (Å²) in [5.74, 6) is 1.35. The van der Waals surface area contributed by atoms with Crippen molar-refractivity contribution in [2.75, 3.05) is 11.5 Å². The normalized spacial score (nSPS) is 22.6. The molecule has 6 heteroatoms. The van der Waals surface area contributed by atoms with Crippen LogP contribution in [-0.2, 0) is 0 Å². The van der Waals surface area contributed by atoms with Gasteiger partial charge in [0, 0.05) is 16.9 Å². The lowest BCUT2D eigenvalue weighted by Gasteiger charge is -2.06. The molecule has 17 heavy (non-hydrogen) atoms. The molecule has 1 heterocycles. The molecular weight excluding hydrogens is 216 g/mol. The predicted octanol–water partition coefficient (Wildman–Crippen LogP) is 1.09. The maximum Gasteiger partial charge on any atom is 0.184 e. The van der Waals surface area contributed by atoms with E-state index in [2.05, 4.69) is 22.4 Å². The average Bonchev–Trinajstić information content (AvgIpc) is 2.82. The molecule has 1 aliphatic rings. The highest BCUT2D eigenvalue weighted by Gasteiger charge is 2.37. The van der Waals surface area contributed by atoms with Crippen LogP contribution in [0.1, 0.15) is 19.4 Å². The monoisotopic (exact) mass is 230 g/mol. The van der Waals surface area contributed by atoms with Crippen LogP contribution in [0.2, 0.25) is 0 Å². The lowest BCUT2D eigenvalue weighted by molar-refractivity contribution is 0.584. The number of hydrogen-bond donors (Lipinski definition) is 2. The smallest absolute Gasteiger partial charge is 0.184 e. The standard InChI is InChI=1S/C11H14N6/c1-6-4-10(6)17-11(14-15-16-17)8-3-2-7(12)5-9(8)13/h2-3,5-6,10H,4,12-13H2,1H3. The molecule has 2 aromatic rings. The summed E-state index contributed by atoms with van der Waals surface area (Å²) in [6, 6.07) is 5.79. The van der Waals surface area contributed by atoms with Gasteiger partial charge in [0.1, 0.15) is 0 Å². The van der Waals surface area contributed by atoms with Crippen molar-refractivity contribution in [1.29, 1.82) is 0 Å². The first kappa shape index (κ1) is 10.1. The van der Waals surface area contributed by atoms with Crippen molar-refractivity contribution in [1.82, 2.24) is 20.2 Å². The quantitative estimate of drug-likeness (QED) is 0.753. The van der Waals surface area contributed by atoms with Gasteiger partial charge < -0.3 is 11.5 Å². The Balaban J connectivity index is 2.06. The number of benzene rings is 1. The lowest BCUT2D eigenvalue weighted by Crippen LogP contribution is -2.03. The molecular formula is C11H14N6. The van der Waals surface area contributed by atoms with Gasteiger partial charge in [-0.2, -0.15) is 0 Å². The minimum Gasteiger partial charge on any atom is -0.399 e. The highest BCUT2D eigenvalue weighted by atomic mass is 15.6. The van der Waals surface area contributed by atoms with E-state index in [0.717, 1.165) is 17.8 Å². The van der Waals surface area contributed by atoms with Gasteiger partial charge in [0.2, 0.25) is 0 Å². The number of rotatable bonds is 2. The Labute approximate surface area is 98.6 Å². The summed E-state index contributed by atoms with van der Waals surface area (Å²) in [6.07, 6.45) is 1.12. The second kappa shape index (κ2) is 3.44. The molecule has 1 fully saturated rings. The third-order valence-electron chi connectivity index (χ3n) is 3.19.